The Morgan fingerprint density at radius 3 is 1.83 bits per heavy atom. The Balaban J connectivity index is 1.01. The Kier molecular flexibility index (Phi) is 20.0. The number of carbonyl (C=O) groups excluding carboxylic acids is 7. The van der Waals surface area contributed by atoms with Gasteiger partial charge in [-0.1, -0.05) is 60.7 Å². The van der Waals surface area contributed by atoms with Crippen LogP contribution in [0.2, 0.25) is 0 Å². The second kappa shape index (κ2) is 26.1. The van der Waals surface area contributed by atoms with Crippen LogP contribution in [0.25, 0.3) is 21.9 Å². The van der Waals surface area contributed by atoms with E-state index in [-0.39, 0.29) is 68.4 Å². The van der Waals surface area contributed by atoms with E-state index in [1.165, 1.54) is 0 Å². The molecular formula is C59H78N6O11. The first kappa shape index (κ1) is 58.2. The highest BCUT2D eigenvalue weighted by Gasteiger charge is 2.34. The van der Waals surface area contributed by atoms with Gasteiger partial charge in [-0.3, -0.25) is 19.4 Å². The molecule has 410 valence electrons. The van der Waals surface area contributed by atoms with Crippen molar-refractivity contribution in [1.82, 2.24) is 31.6 Å². The number of hydrogen-bond donors (Lipinski definition) is 5. The van der Waals surface area contributed by atoms with Crippen molar-refractivity contribution in [2.24, 2.45) is 11.8 Å². The Bertz CT molecular complexity index is 2630. The highest BCUT2D eigenvalue weighted by atomic mass is 16.6. The van der Waals surface area contributed by atoms with E-state index in [0.717, 1.165) is 51.4 Å². The monoisotopic (exact) mass is 1050 g/mol. The topological polar surface area (TPSA) is 229 Å². The number of fused-ring (bicyclic) bond motifs is 4. The van der Waals surface area contributed by atoms with Gasteiger partial charge >= 0.3 is 30.0 Å². The van der Waals surface area contributed by atoms with Gasteiger partial charge in [0.05, 0.1) is 0 Å². The van der Waals surface area contributed by atoms with Crippen LogP contribution in [0.3, 0.4) is 0 Å². The third-order valence-corrected chi connectivity index (χ3v) is 13.1. The van der Waals surface area contributed by atoms with Gasteiger partial charge in [0.15, 0.2) is 0 Å². The molecule has 6 rings (SSSR count). The Morgan fingerprint density at radius 2 is 1.22 bits per heavy atom. The summed E-state index contributed by atoms with van der Waals surface area (Å²) in [4.78, 5) is 97.8. The highest BCUT2D eigenvalue weighted by Crippen LogP contribution is 2.44. The molecule has 0 aliphatic heterocycles. The summed E-state index contributed by atoms with van der Waals surface area (Å²) in [5.74, 6) is -2.78. The molecule has 5 N–H and O–H groups in total. The minimum atomic E-state index is -1.23. The lowest BCUT2D eigenvalue weighted by atomic mass is 9.81. The highest BCUT2D eigenvalue weighted by molar-refractivity contribution is 5.90. The molecule has 1 saturated carbocycles. The number of unbranched alkanes of at least 4 members (excludes halogenated alkanes) is 1. The first-order valence-corrected chi connectivity index (χ1v) is 26.7. The van der Waals surface area contributed by atoms with Crippen molar-refractivity contribution in [2.75, 3.05) is 19.7 Å². The summed E-state index contributed by atoms with van der Waals surface area (Å²) in [5.41, 5.74) is 2.94. The van der Waals surface area contributed by atoms with Gasteiger partial charge in [-0.15, -0.1) is 0 Å². The maximum Gasteiger partial charge on any atom is 0.407 e. The number of carbonyl (C=O) groups is 7. The molecule has 5 amide bonds. The fourth-order valence-corrected chi connectivity index (χ4v) is 9.57. The van der Waals surface area contributed by atoms with E-state index in [2.05, 4.69) is 55.8 Å². The predicted octanol–water partition coefficient (Wildman–Crippen LogP) is 8.74. The van der Waals surface area contributed by atoms with Crippen molar-refractivity contribution in [1.29, 1.82) is 0 Å². The van der Waals surface area contributed by atoms with Crippen molar-refractivity contribution in [3.63, 3.8) is 0 Å². The van der Waals surface area contributed by atoms with Gasteiger partial charge in [-0.25, -0.2) is 19.2 Å². The van der Waals surface area contributed by atoms with Crippen LogP contribution >= 0.6 is 0 Å². The number of nitrogens with zero attached hydrogens (tertiary/aromatic N) is 1. The van der Waals surface area contributed by atoms with Crippen LogP contribution in [0.4, 0.5) is 9.59 Å². The van der Waals surface area contributed by atoms with Crippen molar-refractivity contribution < 1.29 is 52.5 Å². The quantitative estimate of drug-likeness (QED) is 0.0300. The smallest absolute Gasteiger partial charge is 0.407 e. The molecule has 3 aromatic carbocycles. The largest absolute Gasteiger partial charge is 0.460 e. The first-order valence-electron chi connectivity index (χ1n) is 26.7. The summed E-state index contributed by atoms with van der Waals surface area (Å²) < 4.78 is 22.3. The molecule has 17 heteroatoms. The fraction of sp³-hybridized carbons (Fsp3) is 0.525. The number of rotatable bonds is 21. The minimum absolute atomic E-state index is 0.0369. The summed E-state index contributed by atoms with van der Waals surface area (Å²) in [6, 6.07) is 20.0. The van der Waals surface area contributed by atoms with Gasteiger partial charge in [0.2, 0.25) is 11.8 Å². The number of pyridine rings is 1. The molecule has 76 heavy (non-hydrogen) atoms. The van der Waals surface area contributed by atoms with E-state index < -0.39 is 65.0 Å². The average Bonchev–Trinajstić information content (AvgIpc) is 3.67. The minimum Gasteiger partial charge on any atom is -0.460 e. The summed E-state index contributed by atoms with van der Waals surface area (Å²) in [7, 11) is 0. The number of urea groups is 1. The molecule has 2 aliphatic rings. The molecule has 0 saturated heterocycles. The Labute approximate surface area is 447 Å². The molecule has 4 aromatic rings. The lowest BCUT2D eigenvalue weighted by molar-refractivity contribution is -0.159. The number of nitrogens with one attached hydrogen (secondary N) is 5. The van der Waals surface area contributed by atoms with Crippen LogP contribution < -0.4 is 26.6 Å². The first-order chi connectivity index (χ1) is 35.9. The summed E-state index contributed by atoms with van der Waals surface area (Å²) in [5, 5.41) is 16.1. The number of amides is 5. The number of hydrogen-bond acceptors (Lipinski definition) is 12. The van der Waals surface area contributed by atoms with Crippen molar-refractivity contribution in [3.8, 4) is 11.1 Å². The average molecular weight is 1050 g/mol. The van der Waals surface area contributed by atoms with Crippen LogP contribution in [0.15, 0.2) is 85.2 Å². The van der Waals surface area contributed by atoms with Gasteiger partial charge in [0, 0.05) is 55.5 Å². The molecule has 17 nitrogen and oxygen atoms in total. The maximum atomic E-state index is 14.0. The normalized spacial score (nSPS) is 16.6. The van der Waals surface area contributed by atoms with Crippen LogP contribution in [0.1, 0.15) is 143 Å². The van der Waals surface area contributed by atoms with Crippen LogP contribution in [0.5, 0.6) is 0 Å². The maximum absolute atomic E-state index is 14.0. The lowest BCUT2D eigenvalue weighted by Gasteiger charge is -2.29. The summed E-state index contributed by atoms with van der Waals surface area (Å²) in [6.45, 7) is 16.2. The van der Waals surface area contributed by atoms with Crippen LogP contribution in [0, 0.1) is 11.8 Å². The number of esters is 3. The molecule has 1 aromatic heterocycles. The van der Waals surface area contributed by atoms with Gasteiger partial charge in [0.25, 0.3) is 0 Å². The van der Waals surface area contributed by atoms with Gasteiger partial charge in [-0.2, -0.15) is 0 Å². The molecule has 0 spiro atoms. The molecule has 1 fully saturated rings. The molecule has 3 atom stereocenters. The number of benzene rings is 3. The van der Waals surface area contributed by atoms with Gasteiger partial charge < -0.3 is 45.5 Å². The molecular weight excluding hydrogens is 969 g/mol. The Morgan fingerprint density at radius 1 is 0.632 bits per heavy atom. The van der Waals surface area contributed by atoms with Crippen molar-refractivity contribution in [3.05, 3.63) is 102 Å². The van der Waals surface area contributed by atoms with E-state index in [0.29, 0.717) is 32.2 Å². The van der Waals surface area contributed by atoms with E-state index in [1.54, 1.807) is 74.7 Å². The van der Waals surface area contributed by atoms with Crippen molar-refractivity contribution >= 4 is 52.6 Å². The van der Waals surface area contributed by atoms with Crippen LogP contribution in [-0.2, 0) is 49.3 Å². The lowest BCUT2D eigenvalue weighted by Crippen LogP contribution is -2.53. The van der Waals surface area contributed by atoms with Gasteiger partial charge in [-0.05, 0) is 165 Å². The summed E-state index contributed by atoms with van der Waals surface area (Å²) >= 11 is 0. The zero-order chi connectivity index (χ0) is 55.2. The van der Waals surface area contributed by atoms with E-state index in [9.17, 15) is 33.6 Å². The third kappa shape index (κ3) is 18.1. The zero-order valence-corrected chi connectivity index (χ0v) is 45.7. The third-order valence-electron chi connectivity index (χ3n) is 13.1. The zero-order valence-electron chi connectivity index (χ0n) is 45.7. The standard InChI is InChI=1S/C59H78N6O11/c1-57(2,3)74-50(66)28-27-48(54(70)76-59(7,8)9)65-55(71)64-47(53(69)75-58(4,5)6)20-14-15-30-61-52(68)49(33-38-23-24-39-29-31-60-35-41(39)32-38)63-51(67)40-25-21-37(22-26-40)34-62-56(72)73-36-46-44-18-12-10-16-42(44)43-17-11-13-19-45(43)46/h10-13,16-19,23-24,29,31-32,35,37,40,46-49H,14-15,20-22,25-28,30,33-34,36H2,1-9H3,(H,61,68)(H,62,72)(H,63,67)(H2,64,65,71)/t37?,40?,47-,48-,49+/m0/s1. The van der Waals surface area contributed by atoms with Crippen molar-refractivity contribution in [2.45, 2.75) is 167 Å². The number of aromatic nitrogens is 1. The van der Waals surface area contributed by atoms with Gasteiger partial charge in [0.1, 0.15) is 41.5 Å². The molecule has 0 bridgehead atoms. The molecule has 1 heterocycles. The van der Waals surface area contributed by atoms with E-state index in [4.69, 9.17) is 18.9 Å². The fourth-order valence-electron chi connectivity index (χ4n) is 9.57. The van der Waals surface area contributed by atoms with E-state index >= 15 is 0 Å². The Hall–Kier alpha value is -7.04. The second-order valence-corrected chi connectivity index (χ2v) is 22.9. The predicted molar refractivity (Wildman–Crippen MR) is 289 cm³/mol. The summed E-state index contributed by atoms with van der Waals surface area (Å²) in [6.07, 6.45) is 6.45. The molecule has 0 unspecified atom stereocenters. The molecule has 0 radical (unpaired) electrons. The second-order valence-electron chi connectivity index (χ2n) is 22.9. The number of alkyl carbamates (subject to hydrolysis) is 1. The van der Waals surface area contributed by atoms with Crippen LogP contribution in [-0.4, -0.2) is 101 Å². The molecule has 2 aliphatic carbocycles. The SMILES string of the molecule is CC(C)(C)OC(=O)CC[C@H](NC(=O)N[C@@H](CCCCNC(=O)[C@@H](Cc1ccc2ccncc2c1)NC(=O)C1CCC(CNC(=O)OCC2c3ccccc3-c3ccccc32)CC1)C(=O)OC(C)(C)C)C(=O)OC(C)(C)C. The number of ether oxygens (including phenoxy) is 4. The van der Waals surface area contributed by atoms with E-state index in [1.807, 2.05) is 48.5 Å².